The number of nitro benzene ring substituents is 1. The van der Waals surface area contributed by atoms with E-state index >= 15 is 0 Å². The number of carbonyl (C=O) groups excluding carboxylic acids is 1. The predicted octanol–water partition coefficient (Wildman–Crippen LogP) is 3.62. The summed E-state index contributed by atoms with van der Waals surface area (Å²) in [5.74, 6) is -1.10. The van der Waals surface area contributed by atoms with Gasteiger partial charge in [-0.25, -0.2) is 13.8 Å². The lowest BCUT2D eigenvalue weighted by Crippen LogP contribution is -2.49. The van der Waals surface area contributed by atoms with Gasteiger partial charge in [0, 0.05) is 56.5 Å². The number of fused-ring (bicyclic) bond motifs is 1. The SMILES string of the molecule is C=CCNc1nc(N2CCN(C(=O)c3cc(F)cc(F)c3)CC2)nc2c1ncn2Cc1ccc([N+](=O)[O-])cc1. The molecule has 1 aliphatic rings. The molecule has 4 aromatic rings. The molecule has 0 aliphatic carbocycles. The van der Waals surface area contributed by atoms with Crippen LogP contribution in [0.2, 0.25) is 0 Å². The van der Waals surface area contributed by atoms with Crippen LogP contribution in [0.1, 0.15) is 15.9 Å². The van der Waals surface area contributed by atoms with Crippen LogP contribution in [-0.2, 0) is 6.54 Å². The molecule has 13 heteroatoms. The van der Waals surface area contributed by atoms with Gasteiger partial charge in [-0.05, 0) is 17.7 Å². The molecule has 0 spiro atoms. The topological polar surface area (TPSA) is 122 Å². The summed E-state index contributed by atoms with van der Waals surface area (Å²) in [6, 6.07) is 9.05. The number of hydrogen-bond acceptors (Lipinski definition) is 8. The minimum Gasteiger partial charge on any atom is -0.365 e. The van der Waals surface area contributed by atoms with Crippen LogP contribution in [0.5, 0.6) is 0 Å². The number of nitrogens with zero attached hydrogens (tertiary/aromatic N) is 7. The molecule has 5 rings (SSSR count). The van der Waals surface area contributed by atoms with Gasteiger partial charge >= 0.3 is 0 Å². The summed E-state index contributed by atoms with van der Waals surface area (Å²) in [6.45, 7) is 6.02. The molecule has 2 aromatic heterocycles. The lowest BCUT2D eigenvalue weighted by Gasteiger charge is -2.35. The largest absolute Gasteiger partial charge is 0.365 e. The van der Waals surface area contributed by atoms with Crippen molar-refractivity contribution in [3.63, 3.8) is 0 Å². The van der Waals surface area contributed by atoms with E-state index in [2.05, 4.69) is 21.9 Å². The van der Waals surface area contributed by atoms with E-state index in [9.17, 15) is 23.7 Å². The number of aromatic nitrogens is 4. The molecule has 200 valence electrons. The van der Waals surface area contributed by atoms with Crippen molar-refractivity contribution in [1.82, 2.24) is 24.4 Å². The summed E-state index contributed by atoms with van der Waals surface area (Å²) in [5.41, 5.74) is 1.93. The maximum absolute atomic E-state index is 13.6. The van der Waals surface area contributed by atoms with E-state index in [0.717, 1.165) is 23.8 Å². The van der Waals surface area contributed by atoms with E-state index in [1.54, 1.807) is 29.4 Å². The van der Waals surface area contributed by atoms with Crippen molar-refractivity contribution < 1.29 is 18.5 Å². The fourth-order valence-corrected chi connectivity index (χ4v) is 4.37. The van der Waals surface area contributed by atoms with Gasteiger partial charge in [-0.2, -0.15) is 9.97 Å². The Balaban J connectivity index is 1.38. The monoisotopic (exact) mass is 534 g/mol. The van der Waals surface area contributed by atoms with Gasteiger partial charge in [0.2, 0.25) is 5.95 Å². The molecule has 1 fully saturated rings. The number of carbonyl (C=O) groups is 1. The molecule has 1 aliphatic heterocycles. The van der Waals surface area contributed by atoms with E-state index in [1.807, 2.05) is 9.47 Å². The average molecular weight is 535 g/mol. The van der Waals surface area contributed by atoms with Crippen molar-refractivity contribution in [3.8, 4) is 0 Å². The maximum atomic E-state index is 13.6. The standard InChI is InChI=1S/C26H24F2N8O3/c1-2-7-29-23-22-24(35(16-30-22)15-17-3-5-21(6-4-17)36(38)39)32-26(31-23)34-10-8-33(9-11-34)25(37)18-12-19(27)14-20(28)13-18/h2-6,12-14,16H,1,7-11,15H2,(H,29,31,32). The first-order valence-corrected chi connectivity index (χ1v) is 12.1. The quantitative estimate of drug-likeness (QED) is 0.207. The number of non-ortho nitro benzene ring substituents is 1. The highest BCUT2D eigenvalue weighted by Gasteiger charge is 2.26. The average Bonchev–Trinajstić information content (AvgIpc) is 3.33. The molecular weight excluding hydrogens is 510 g/mol. The van der Waals surface area contributed by atoms with Gasteiger partial charge in [-0.3, -0.25) is 14.9 Å². The van der Waals surface area contributed by atoms with Gasteiger partial charge in [0.1, 0.15) is 11.6 Å². The minimum atomic E-state index is -0.802. The third kappa shape index (κ3) is 5.51. The lowest BCUT2D eigenvalue weighted by molar-refractivity contribution is -0.384. The first-order valence-electron chi connectivity index (χ1n) is 12.1. The lowest BCUT2D eigenvalue weighted by atomic mass is 10.1. The first kappa shape index (κ1) is 25.7. The fourth-order valence-electron chi connectivity index (χ4n) is 4.37. The molecule has 1 N–H and O–H groups in total. The summed E-state index contributed by atoms with van der Waals surface area (Å²) < 4.78 is 29.0. The van der Waals surface area contributed by atoms with Crippen molar-refractivity contribution in [1.29, 1.82) is 0 Å². The van der Waals surface area contributed by atoms with E-state index in [4.69, 9.17) is 4.98 Å². The van der Waals surface area contributed by atoms with Gasteiger partial charge in [0.05, 0.1) is 17.8 Å². The summed E-state index contributed by atoms with van der Waals surface area (Å²) >= 11 is 0. The number of piperazine rings is 1. The van der Waals surface area contributed by atoms with Crippen molar-refractivity contribution in [3.05, 3.63) is 94.3 Å². The Morgan fingerprint density at radius 3 is 2.41 bits per heavy atom. The van der Waals surface area contributed by atoms with Gasteiger partial charge < -0.3 is 19.7 Å². The van der Waals surface area contributed by atoms with Crippen LogP contribution in [-0.4, -0.2) is 68.0 Å². The maximum Gasteiger partial charge on any atom is 0.269 e. The van der Waals surface area contributed by atoms with Gasteiger partial charge in [-0.1, -0.05) is 18.2 Å². The fraction of sp³-hybridized carbons (Fsp3) is 0.231. The van der Waals surface area contributed by atoms with Crippen molar-refractivity contribution >= 4 is 34.5 Å². The molecule has 1 amide bonds. The predicted molar refractivity (Wildman–Crippen MR) is 141 cm³/mol. The molecule has 39 heavy (non-hydrogen) atoms. The summed E-state index contributed by atoms with van der Waals surface area (Å²) in [6.07, 6.45) is 3.33. The number of nitro groups is 1. The zero-order valence-electron chi connectivity index (χ0n) is 20.8. The van der Waals surface area contributed by atoms with Crippen LogP contribution >= 0.6 is 0 Å². The van der Waals surface area contributed by atoms with Crippen molar-refractivity contribution in [2.75, 3.05) is 42.9 Å². The first-order chi connectivity index (χ1) is 18.8. The minimum absolute atomic E-state index is 0.00918. The zero-order chi connectivity index (χ0) is 27.5. The van der Waals surface area contributed by atoms with E-state index < -0.39 is 22.5 Å². The second kappa shape index (κ2) is 10.8. The highest BCUT2D eigenvalue weighted by atomic mass is 19.1. The van der Waals surface area contributed by atoms with Gasteiger partial charge in [-0.15, -0.1) is 6.58 Å². The van der Waals surface area contributed by atoms with Crippen LogP contribution in [0.25, 0.3) is 11.2 Å². The van der Waals surface area contributed by atoms with Crippen LogP contribution in [0, 0.1) is 21.7 Å². The normalized spacial score (nSPS) is 13.5. The number of nitrogens with one attached hydrogen (secondary N) is 1. The van der Waals surface area contributed by atoms with Crippen LogP contribution in [0.4, 0.5) is 26.2 Å². The Hall–Kier alpha value is -4.94. The number of halogens is 2. The number of hydrogen-bond donors (Lipinski definition) is 1. The highest BCUT2D eigenvalue weighted by molar-refractivity contribution is 5.94. The van der Waals surface area contributed by atoms with Crippen molar-refractivity contribution in [2.24, 2.45) is 0 Å². The van der Waals surface area contributed by atoms with Crippen LogP contribution in [0.3, 0.4) is 0 Å². The molecular formula is C26H24F2N8O3. The highest BCUT2D eigenvalue weighted by Crippen LogP contribution is 2.25. The third-order valence-corrected chi connectivity index (χ3v) is 6.33. The van der Waals surface area contributed by atoms with Crippen LogP contribution in [0.15, 0.2) is 61.4 Å². The molecule has 2 aromatic carbocycles. The number of amides is 1. The Labute approximate surface area is 221 Å². The van der Waals surface area contributed by atoms with Gasteiger partial charge in [0.15, 0.2) is 17.0 Å². The molecule has 3 heterocycles. The Kier molecular flexibility index (Phi) is 7.12. The third-order valence-electron chi connectivity index (χ3n) is 6.33. The van der Waals surface area contributed by atoms with Crippen molar-refractivity contribution in [2.45, 2.75) is 6.54 Å². The number of imidazole rings is 1. The summed E-state index contributed by atoms with van der Waals surface area (Å²) in [7, 11) is 0. The molecule has 11 nitrogen and oxygen atoms in total. The second-order valence-corrected chi connectivity index (χ2v) is 8.95. The van der Waals surface area contributed by atoms with E-state index in [1.165, 1.54) is 12.1 Å². The Bertz CT molecular complexity index is 1530. The Morgan fingerprint density at radius 1 is 1.08 bits per heavy atom. The number of anilines is 2. The number of rotatable bonds is 8. The zero-order valence-corrected chi connectivity index (χ0v) is 20.8. The molecule has 0 radical (unpaired) electrons. The number of benzene rings is 2. The molecule has 1 saturated heterocycles. The van der Waals surface area contributed by atoms with Crippen LogP contribution < -0.4 is 10.2 Å². The smallest absolute Gasteiger partial charge is 0.269 e. The molecule has 0 saturated carbocycles. The van der Waals surface area contributed by atoms with E-state index in [-0.39, 0.29) is 11.3 Å². The molecule has 0 atom stereocenters. The van der Waals surface area contributed by atoms with Gasteiger partial charge in [0.25, 0.3) is 11.6 Å². The summed E-state index contributed by atoms with van der Waals surface area (Å²) in [4.78, 5) is 40.7. The van der Waals surface area contributed by atoms with E-state index in [0.29, 0.717) is 62.2 Å². The Morgan fingerprint density at radius 2 is 1.77 bits per heavy atom. The summed E-state index contributed by atoms with van der Waals surface area (Å²) in [5, 5.41) is 14.2. The molecule has 0 unspecified atom stereocenters. The second-order valence-electron chi connectivity index (χ2n) is 8.95. The molecule has 0 bridgehead atoms.